The fraction of sp³-hybridized carbons (Fsp3) is 0. The summed E-state index contributed by atoms with van der Waals surface area (Å²) in [5.74, 6) is 0. The molecule has 0 atom stereocenters. The molecule has 0 saturated heterocycles. The molecule has 2 rings (SSSR count). The Labute approximate surface area is 116 Å². The number of nitrogens with one attached hydrogen (secondary N) is 1. The van der Waals surface area contributed by atoms with Gasteiger partial charge < -0.3 is 11.5 Å². The van der Waals surface area contributed by atoms with Crippen molar-refractivity contribution in [2.24, 2.45) is 0 Å². The summed E-state index contributed by atoms with van der Waals surface area (Å²) in [5, 5.41) is 0.289. The van der Waals surface area contributed by atoms with Gasteiger partial charge in [0, 0.05) is 5.69 Å². The van der Waals surface area contributed by atoms with Crippen LogP contribution in [0.2, 0.25) is 5.02 Å². The molecule has 0 aliphatic rings. The SMILES string of the molecule is Nc1ccc(S(=O)(=O)Nc2ccc(N)c(Cl)c2)cc1. The van der Waals surface area contributed by atoms with Crippen molar-refractivity contribution in [3.8, 4) is 0 Å². The van der Waals surface area contributed by atoms with Gasteiger partial charge in [0.2, 0.25) is 0 Å². The van der Waals surface area contributed by atoms with E-state index in [1.54, 1.807) is 0 Å². The molecule has 5 nitrogen and oxygen atoms in total. The van der Waals surface area contributed by atoms with E-state index in [4.69, 9.17) is 23.1 Å². The largest absolute Gasteiger partial charge is 0.399 e. The summed E-state index contributed by atoms with van der Waals surface area (Å²) in [6.07, 6.45) is 0. The lowest BCUT2D eigenvalue weighted by molar-refractivity contribution is 0.601. The third-order valence-corrected chi connectivity index (χ3v) is 4.17. The number of halogens is 1. The van der Waals surface area contributed by atoms with E-state index in [9.17, 15) is 8.42 Å². The first-order valence-electron chi connectivity index (χ1n) is 5.32. The number of sulfonamides is 1. The van der Waals surface area contributed by atoms with E-state index < -0.39 is 10.0 Å². The molecular formula is C12H12ClN3O2S. The summed E-state index contributed by atoms with van der Waals surface area (Å²) >= 11 is 5.83. The number of nitrogens with two attached hydrogens (primary N) is 2. The van der Waals surface area contributed by atoms with E-state index in [0.717, 1.165) is 0 Å². The van der Waals surface area contributed by atoms with Crippen molar-refractivity contribution < 1.29 is 8.42 Å². The fourth-order valence-electron chi connectivity index (χ4n) is 1.45. The maximum absolute atomic E-state index is 12.1. The van der Waals surface area contributed by atoms with Crippen molar-refractivity contribution in [3.05, 3.63) is 47.5 Å². The van der Waals surface area contributed by atoms with Gasteiger partial charge in [-0.2, -0.15) is 0 Å². The van der Waals surface area contributed by atoms with E-state index in [-0.39, 0.29) is 9.92 Å². The lowest BCUT2D eigenvalue weighted by atomic mass is 10.3. The van der Waals surface area contributed by atoms with Crippen molar-refractivity contribution in [3.63, 3.8) is 0 Å². The van der Waals surface area contributed by atoms with Gasteiger partial charge >= 0.3 is 0 Å². The normalized spacial score (nSPS) is 11.2. The molecule has 0 radical (unpaired) electrons. The van der Waals surface area contributed by atoms with Crippen LogP contribution in [-0.4, -0.2) is 8.42 Å². The van der Waals surface area contributed by atoms with Crippen LogP contribution in [0.15, 0.2) is 47.4 Å². The summed E-state index contributed by atoms with van der Waals surface area (Å²) in [6.45, 7) is 0. The summed E-state index contributed by atoms with van der Waals surface area (Å²) in [6, 6.07) is 10.4. The Morgan fingerprint density at radius 2 is 1.63 bits per heavy atom. The summed E-state index contributed by atoms with van der Waals surface area (Å²) in [4.78, 5) is 0.120. The summed E-state index contributed by atoms with van der Waals surface area (Å²) in [5.41, 5.74) is 12.3. The zero-order chi connectivity index (χ0) is 14.0. The van der Waals surface area contributed by atoms with Gasteiger partial charge in [-0.1, -0.05) is 11.6 Å². The third kappa shape index (κ3) is 3.10. The van der Waals surface area contributed by atoms with Crippen molar-refractivity contribution in [1.82, 2.24) is 0 Å². The van der Waals surface area contributed by atoms with E-state index >= 15 is 0 Å². The molecule has 100 valence electrons. The minimum Gasteiger partial charge on any atom is -0.399 e. The Kier molecular flexibility index (Phi) is 3.55. The zero-order valence-corrected chi connectivity index (χ0v) is 11.4. The molecule has 0 spiro atoms. The molecule has 2 aromatic carbocycles. The van der Waals surface area contributed by atoms with Crippen LogP contribution in [0, 0.1) is 0 Å². The average molecular weight is 298 g/mol. The molecule has 5 N–H and O–H groups in total. The van der Waals surface area contributed by atoms with E-state index in [1.807, 2.05) is 0 Å². The highest BCUT2D eigenvalue weighted by atomic mass is 35.5. The molecule has 0 bridgehead atoms. The molecule has 19 heavy (non-hydrogen) atoms. The number of nitrogen functional groups attached to an aromatic ring is 2. The Hall–Kier alpha value is -1.92. The molecule has 0 amide bonds. The predicted octanol–water partition coefficient (Wildman–Crippen LogP) is 2.31. The average Bonchev–Trinajstić information content (AvgIpc) is 2.34. The first-order valence-corrected chi connectivity index (χ1v) is 7.18. The Morgan fingerprint density at radius 3 is 2.21 bits per heavy atom. The van der Waals surface area contributed by atoms with Gasteiger partial charge in [0.1, 0.15) is 0 Å². The zero-order valence-electron chi connectivity index (χ0n) is 9.80. The van der Waals surface area contributed by atoms with Crippen LogP contribution in [0.25, 0.3) is 0 Å². The van der Waals surface area contributed by atoms with Crippen molar-refractivity contribution in [2.45, 2.75) is 4.90 Å². The fourth-order valence-corrected chi connectivity index (χ4v) is 2.68. The molecule has 0 aliphatic heterocycles. The minimum absolute atomic E-state index is 0.120. The molecule has 0 aromatic heterocycles. The lowest BCUT2D eigenvalue weighted by Crippen LogP contribution is -2.13. The quantitative estimate of drug-likeness (QED) is 0.757. The van der Waals surface area contributed by atoms with Crippen LogP contribution in [0.1, 0.15) is 0 Å². The maximum atomic E-state index is 12.1. The standard InChI is InChI=1S/C12H12ClN3O2S/c13-11-7-9(3-6-12(11)15)16-19(17,18)10-4-1-8(14)2-5-10/h1-7,16H,14-15H2. The molecule has 0 aliphatic carbocycles. The molecule has 7 heteroatoms. The number of hydrogen-bond donors (Lipinski definition) is 3. The molecular weight excluding hydrogens is 286 g/mol. The molecule has 0 saturated carbocycles. The Bertz CT molecular complexity index is 699. The van der Waals surface area contributed by atoms with Crippen molar-refractivity contribution in [1.29, 1.82) is 0 Å². The topological polar surface area (TPSA) is 98.2 Å². The highest BCUT2D eigenvalue weighted by Gasteiger charge is 2.14. The summed E-state index contributed by atoms with van der Waals surface area (Å²) in [7, 11) is -3.66. The van der Waals surface area contributed by atoms with Crippen molar-refractivity contribution in [2.75, 3.05) is 16.2 Å². The van der Waals surface area contributed by atoms with Gasteiger partial charge in [-0.25, -0.2) is 8.42 Å². The third-order valence-electron chi connectivity index (χ3n) is 2.44. The second-order valence-corrected chi connectivity index (χ2v) is 6.00. The highest BCUT2D eigenvalue weighted by Crippen LogP contribution is 2.24. The van der Waals surface area contributed by atoms with E-state index in [1.165, 1.54) is 42.5 Å². The van der Waals surface area contributed by atoms with Crippen molar-refractivity contribution >= 4 is 38.7 Å². The van der Waals surface area contributed by atoms with Gasteiger partial charge in [0.15, 0.2) is 0 Å². The smallest absolute Gasteiger partial charge is 0.261 e. The molecule has 0 heterocycles. The predicted molar refractivity (Wildman–Crippen MR) is 77.5 cm³/mol. The van der Waals surface area contributed by atoms with E-state index in [0.29, 0.717) is 17.1 Å². The maximum Gasteiger partial charge on any atom is 0.261 e. The minimum atomic E-state index is -3.66. The van der Waals surface area contributed by atoms with Gasteiger partial charge in [-0.3, -0.25) is 4.72 Å². The molecule has 0 unspecified atom stereocenters. The second kappa shape index (κ2) is 4.99. The van der Waals surface area contributed by atoms with Gasteiger partial charge in [0.05, 0.1) is 21.3 Å². The van der Waals surface area contributed by atoms with Crippen LogP contribution in [0.5, 0.6) is 0 Å². The van der Waals surface area contributed by atoms with Crippen LogP contribution in [0.3, 0.4) is 0 Å². The number of anilines is 3. The molecule has 2 aromatic rings. The summed E-state index contributed by atoms with van der Waals surface area (Å²) < 4.78 is 26.6. The number of hydrogen-bond acceptors (Lipinski definition) is 4. The first kappa shape index (κ1) is 13.5. The van der Waals surface area contributed by atoms with Gasteiger partial charge in [-0.05, 0) is 42.5 Å². The first-order chi connectivity index (χ1) is 8.88. The monoisotopic (exact) mass is 297 g/mol. The lowest BCUT2D eigenvalue weighted by Gasteiger charge is -2.09. The Morgan fingerprint density at radius 1 is 1.00 bits per heavy atom. The van der Waals surface area contributed by atoms with Gasteiger partial charge in [0.25, 0.3) is 10.0 Å². The molecule has 0 fully saturated rings. The van der Waals surface area contributed by atoms with E-state index in [2.05, 4.69) is 4.72 Å². The van der Waals surface area contributed by atoms with Crippen LogP contribution in [0.4, 0.5) is 17.1 Å². The number of benzene rings is 2. The van der Waals surface area contributed by atoms with Gasteiger partial charge in [-0.15, -0.1) is 0 Å². The van der Waals surface area contributed by atoms with Crippen LogP contribution < -0.4 is 16.2 Å². The number of rotatable bonds is 3. The Balaban J connectivity index is 2.30. The second-order valence-electron chi connectivity index (χ2n) is 3.91. The highest BCUT2D eigenvalue weighted by molar-refractivity contribution is 7.92. The van der Waals surface area contributed by atoms with Crippen LogP contribution >= 0.6 is 11.6 Å². The van der Waals surface area contributed by atoms with Crippen LogP contribution in [-0.2, 0) is 10.0 Å².